The normalized spacial score (nSPS) is 9.56. The van der Waals surface area contributed by atoms with Gasteiger partial charge in [0, 0.05) is 0 Å². The maximum Gasteiger partial charge on any atom is 0.126 e. The van der Waals surface area contributed by atoms with E-state index in [0.29, 0.717) is 0 Å². The Morgan fingerprint density at radius 2 is 2.44 bits per heavy atom. The van der Waals surface area contributed by atoms with Gasteiger partial charge in [0.15, 0.2) is 0 Å². The minimum atomic E-state index is -0.128. The van der Waals surface area contributed by atoms with Crippen molar-refractivity contribution < 1.29 is 4.39 Å². The van der Waals surface area contributed by atoms with Crippen molar-refractivity contribution in [1.29, 1.82) is 0 Å². The monoisotopic (exact) mass is 123 g/mol. The number of halogens is 1. The zero-order valence-corrected chi connectivity index (χ0v) is 5.32. The van der Waals surface area contributed by atoms with Crippen LogP contribution in [0.15, 0.2) is 18.2 Å². The average molecular weight is 123 g/mol. The van der Waals surface area contributed by atoms with E-state index >= 15 is 0 Å². The topological polar surface area (TPSA) is 0 Å². The summed E-state index contributed by atoms with van der Waals surface area (Å²) in [5, 5.41) is 0. The quantitative estimate of drug-likeness (QED) is 0.537. The van der Waals surface area contributed by atoms with Gasteiger partial charge in [-0.3, -0.25) is 0 Å². The molecule has 1 aromatic rings. The SMILES string of the molecule is CCc1c[c]ccc1F. The van der Waals surface area contributed by atoms with Gasteiger partial charge < -0.3 is 0 Å². The van der Waals surface area contributed by atoms with Crippen LogP contribution in [-0.2, 0) is 6.42 Å². The van der Waals surface area contributed by atoms with Crippen LogP contribution in [0.2, 0.25) is 0 Å². The van der Waals surface area contributed by atoms with Gasteiger partial charge in [-0.25, -0.2) is 4.39 Å². The Bertz CT molecular complexity index is 194. The third kappa shape index (κ3) is 1.28. The van der Waals surface area contributed by atoms with E-state index in [1.807, 2.05) is 6.92 Å². The van der Waals surface area contributed by atoms with E-state index in [1.165, 1.54) is 6.07 Å². The van der Waals surface area contributed by atoms with Gasteiger partial charge in [0.25, 0.3) is 0 Å². The highest BCUT2D eigenvalue weighted by molar-refractivity contribution is 5.15. The zero-order valence-electron chi connectivity index (χ0n) is 5.32. The fourth-order valence-electron chi connectivity index (χ4n) is 0.717. The van der Waals surface area contributed by atoms with Crippen molar-refractivity contribution in [3.05, 3.63) is 35.6 Å². The highest BCUT2D eigenvalue weighted by Crippen LogP contribution is 2.04. The zero-order chi connectivity index (χ0) is 6.69. The molecule has 0 atom stereocenters. The molecule has 0 aromatic heterocycles. The molecule has 9 heavy (non-hydrogen) atoms. The maximum absolute atomic E-state index is 12.6. The summed E-state index contributed by atoms with van der Waals surface area (Å²) in [5.74, 6) is -0.128. The average Bonchev–Trinajstić information content (AvgIpc) is 1.89. The molecule has 0 nitrogen and oxygen atoms in total. The van der Waals surface area contributed by atoms with E-state index in [0.717, 1.165) is 12.0 Å². The Kier molecular flexibility index (Phi) is 1.83. The smallest absolute Gasteiger partial charge is 0.126 e. The first kappa shape index (κ1) is 6.27. The molecular weight excluding hydrogens is 115 g/mol. The fraction of sp³-hybridized carbons (Fsp3) is 0.250. The summed E-state index contributed by atoms with van der Waals surface area (Å²) in [4.78, 5) is 0. The van der Waals surface area contributed by atoms with Gasteiger partial charge in [0.1, 0.15) is 5.82 Å². The Balaban J connectivity index is 3.01. The summed E-state index contributed by atoms with van der Waals surface area (Å²) >= 11 is 0. The van der Waals surface area contributed by atoms with Crippen LogP contribution in [0.3, 0.4) is 0 Å². The molecule has 0 unspecified atom stereocenters. The van der Waals surface area contributed by atoms with Crippen LogP contribution in [0.4, 0.5) is 4.39 Å². The summed E-state index contributed by atoms with van der Waals surface area (Å²) < 4.78 is 12.6. The Hall–Kier alpha value is -0.850. The fourth-order valence-corrected chi connectivity index (χ4v) is 0.717. The van der Waals surface area contributed by atoms with Crippen LogP contribution in [-0.4, -0.2) is 0 Å². The first-order valence-electron chi connectivity index (χ1n) is 2.99. The Morgan fingerprint density at radius 3 is 2.89 bits per heavy atom. The molecule has 47 valence electrons. The standard InChI is InChI=1S/C8H8F/c1-2-7-5-3-4-6-8(7)9/h4-6H,2H2,1H3. The lowest BCUT2D eigenvalue weighted by atomic mass is 10.2. The van der Waals surface area contributed by atoms with Crippen LogP contribution in [0.5, 0.6) is 0 Å². The van der Waals surface area contributed by atoms with Crippen LogP contribution in [0.1, 0.15) is 12.5 Å². The summed E-state index contributed by atoms with van der Waals surface area (Å²) in [6.45, 7) is 1.92. The maximum atomic E-state index is 12.6. The van der Waals surface area contributed by atoms with Crippen LogP contribution >= 0.6 is 0 Å². The summed E-state index contributed by atoms with van der Waals surface area (Å²) in [7, 11) is 0. The number of hydrogen-bond donors (Lipinski definition) is 0. The minimum Gasteiger partial charge on any atom is -0.207 e. The van der Waals surface area contributed by atoms with Gasteiger partial charge in [-0.1, -0.05) is 13.0 Å². The second-order valence-corrected chi connectivity index (χ2v) is 1.87. The second-order valence-electron chi connectivity index (χ2n) is 1.87. The largest absolute Gasteiger partial charge is 0.207 e. The number of aryl methyl sites for hydroxylation is 1. The molecule has 0 heterocycles. The van der Waals surface area contributed by atoms with Gasteiger partial charge in [-0.2, -0.15) is 0 Å². The second kappa shape index (κ2) is 2.62. The van der Waals surface area contributed by atoms with E-state index in [1.54, 1.807) is 12.1 Å². The first-order valence-corrected chi connectivity index (χ1v) is 2.99. The third-order valence-corrected chi connectivity index (χ3v) is 1.27. The van der Waals surface area contributed by atoms with Crippen molar-refractivity contribution in [2.24, 2.45) is 0 Å². The molecule has 0 bridgehead atoms. The van der Waals surface area contributed by atoms with Crippen molar-refractivity contribution in [1.82, 2.24) is 0 Å². The molecule has 0 aliphatic carbocycles. The number of rotatable bonds is 1. The first-order chi connectivity index (χ1) is 4.34. The molecule has 1 aromatic carbocycles. The number of hydrogen-bond acceptors (Lipinski definition) is 0. The minimum absolute atomic E-state index is 0.128. The molecule has 0 saturated heterocycles. The highest BCUT2D eigenvalue weighted by Gasteiger charge is 1.94. The van der Waals surface area contributed by atoms with Crippen molar-refractivity contribution in [3.63, 3.8) is 0 Å². The van der Waals surface area contributed by atoms with Crippen LogP contribution in [0.25, 0.3) is 0 Å². The van der Waals surface area contributed by atoms with Gasteiger partial charge >= 0.3 is 0 Å². The van der Waals surface area contributed by atoms with E-state index in [-0.39, 0.29) is 5.82 Å². The lowest BCUT2D eigenvalue weighted by molar-refractivity contribution is 0.612. The van der Waals surface area contributed by atoms with Crippen LogP contribution < -0.4 is 0 Å². The van der Waals surface area contributed by atoms with Gasteiger partial charge in [0.05, 0.1) is 0 Å². The van der Waals surface area contributed by atoms with Crippen molar-refractivity contribution in [3.8, 4) is 0 Å². The summed E-state index contributed by atoms with van der Waals surface area (Å²) in [6, 6.07) is 7.50. The van der Waals surface area contributed by atoms with Gasteiger partial charge in [0.2, 0.25) is 0 Å². The van der Waals surface area contributed by atoms with Crippen molar-refractivity contribution >= 4 is 0 Å². The molecular formula is C8H8F. The van der Waals surface area contributed by atoms with Crippen LogP contribution in [0, 0.1) is 11.9 Å². The Morgan fingerprint density at radius 1 is 1.67 bits per heavy atom. The van der Waals surface area contributed by atoms with E-state index in [2.05, 4.69) is 6.07 Å². The molecule has 0 spiro atoms. The lowest BCUT2D eigenvalue weighted by Gasteiger charge is -1.94. The molecule has 0 saturated carbocycles. The third-order valence-electron chi connectivity index (χ3n) is 1.27. The summed E-state index contributed by atoms with van der Waals surface area (Å²) in [6.07, 6.45) is 0.739. The van der Waals surface area contributed by atoms with Gasteiger partial charge in [-0.05, 0) is 30.2 Å². The lowest BCUT2D eigenvalue weighted by Crippen LogP contribution is -1.84. The molecule has 0 aliphatic rings. The molecule has 0 aliphatic heterocycles. The van der Waals surface area contributed by atoms with Gasteiger partial charge in [-0.15, -0.1) is 0 Å². The van der Waals surface area contributed by atoms with E-state index < -0.39 is 0 Å². The molecule has 1 rings (SSSR count). The Labute approximate surface area is 54.3 Å². The number of benzene rings is 1. The predicted molar refractivity (Wildman–Crippen MR) is 34.6 cm³/mol. The van der Waals surface area contributed by atoms with Crippen molar-refractivity contribution in [2.75, 3.05) is 0 Å². The molecule has 1 heteroatoms. The van der Waals surface area contributed by atoms with E-state index in [4.69, 9.17) is 0 Å². The van der Waals surface area contributed by atoms with Crippen molar-refractivity contribution in [2.45, 2.75) is 13.3 Å². The highest BCUT2D eigenvalue weighted by atomic mass is 19.1. The van der Waals surface area contributed by atoms with E-state index in [9.17, 15) is 4.39 Å². The molecule has 0 N–H and O–H groups in total. The molecule has 1 radical (unpaired) electrons. The molecule has 0 amide bonds. The molecule has 0 fully saturated rings. The summed E-state index contributed by atoms with van der Waals surface area (Å²) in [5.41, 5.74) is 0.734. The predicted octanol–water partition coefficient (Wildman–Crippen LogP) is 2.19.